The Morgan fingerprint density at radius 2 is 1.83 bits per heavy atom. The van der Waals surface area contributed by atoms with Crippen LogP contribution in [0.4, 0.5) is 5.69 Å². The molecule has 2 aromatic rings. The highest BCUT2D eigenvalue weighted by atomic mass is 16.5. The van der Waals surface area contributed by atoms with Crippen molar-refractivity contribution in [1.82, 2.24) is 0 Å². The van der Waals surface area contributed by atoms with E-state index in [4.69, 9.17) is 9.47 Å². The fourth-order valence-electron chi connectivity index (χ4n) is 1.94. The molecule has 0 atom stereocenters. The number of carbonyl (C=O) groups is 1. The van der Waals surface area contributed by atoms with E-state index in [0.717, 1.165) is 11.3 Å². The Balaban J connectivity index is 2.01. The highest BCUT2D eigenvalue weighted by Gasteiger charge is 2.07. The monoisotopic (exact) mass is 311 g/mol. The maximum absolute atomic E-state index is 12.3. The van der Waals surface area contributed by atoms with Crippen molar-refractivity contribution >= 4 is 11.6 Å². The van der Waals surface area contributed by atoms with E-state index in [-0.39, 0.29) is 5.91 Å². The summed E-state index contributed by atoms with van der Waals surface area (Å²) in [7, 11) is 0. The van der Waals surface area contributed by atoms with Crippen molar-refractivity contribution < 1.29 is 14.3 Å². The second-order valence-electron chi connectivity index (χ2n) is 5.19. The van der Waals surface area contributed by atoms with Crippen LogP contribution in [0.25, 0.3) is 0 Å². The largest absolute Gasteiger partial charge is 0.494 e. The molecule has 1 amide bonds. The molecule has 0 fully saturated rings. The summed E-state index contributed by atoms with van der Waals surface area (Å²) < 4.78 is 10.9. The molecular formula is C19H21NO3. The second-order valence-corrected chi connectivity index (χ2v) is 5.19. The first-order chi connectivity index (χ1) is 11.1. The number of amides is 1. The van der Waals surface area contributed by atoms with E-state index in [1.807, 2.05) is 32.0 Å². The van der Waals surface area contributed by atoms with Crippen LogP contribution in [0, 0.1) is 0 Å². The summed E-state index contributed by atoms with van der Waals surface area (Å²) in [5.74, 6) is 1.27. The molecule has 0 bridgehead atoms. The average Bonchev–Trinajstić information content (AvgIpc) is 2.54. The molecule has 0 radical (unpaired) electrons. The SMILES string of the molecule is C=C(C)COc1cccc(NC(=O)c2ccc(OCC)cc2)c1. The van der Waals surface area contributed by atoms with E-state index < -0.39 is 0 Å². The van der Waals surface area contributed by atoms with Gasteiger partial charge in [-0.1, -0.05) is 12.6 Å². The number of nitrogens with one attached hydrogen (secondary N) is 1. The normalized spacial score (nSPS) is 10.0. The van der Waals surface area contributed by atoms with Crippen LogP contribution in [0.1, 0.15) is 24.2 Å². The number of benzene rings is 2. The van der Waals surface area contributed by atoms with Crippen molar-refractivity contribution in [3.63, 3.8) is 0 Å². The lowest BCUT2D eigenvalue weighted by molar-refractivity contribution is 0.102. The maximum atomic E-state index is 12.3. The van der Waals surface area contributed by atoms with Gasteiger partial charge in [-0.2, -0.15) is 0 Å². The van der Waals surface area contributed by atoms with E-state index in [2.05, 4.69) is 11.9 Å². The molecule has 0 aliphatic carbocycles. The summed E-state index contributed by atoms with van der Waals surface area (Å²) in [5.41, 5.74) is 2.19. The molecule has 0 saturated carbocycles. The fraction of sp³-hybridized carbons (Fsp3) is 0.211. The third kappa shape index (κ3) is 5.18. The van der Waals surface area contributed by atoms with Gasteiger partial charge in [-0.15, -0.1) is 0 Å². The predicted octanol–water partition coefficient (Wildman–Crippen LogP) is 4.29. The summed E-state index contributed by atoms with van der Waals surface area (Å²) >= 11 is 0. The molecule has 4 heteroatoms. The van der Waals surface area contributed by atoms with Crippen LogP contribution in [0.15, 0.2) is 60.7 Å². The fourth-order valence-corrected chi connectivity index (χ4v) is 1.94. The van der Waals surface area contributed by atoms with Gasteiger partial charge in [0.15, 0.2) is 0 Å². The molecule has 2 rings (SSSR count). The Hall–Kier alpha value is -2.75. The van der Waals surface area contributed by atoms with Crippen molar-refractivity contribution in [3.8, 4) is 11.5 Å². The maximum Gasteiger partial charge on any atom is 0.255 e. The van der Waals surface area contributed by atoms with Crippen molar-refractivity contribution in [2.24, 2.45) is 0 Å². The smallest absolute Gasteiger partial charge is 0.255 e. The van der Waals surface area contributed by atoms with E-state index >= 15 is 0 Å². The highest BCUT2D eigenvalue weighted by Crippen LogP contribution is 2.19. The van der Waals surface area contributed by atoms with Crippen molar-refractivity contribution in [2.45, 2.75) is 13.8 Å². The number of anilines is 1. The molecule has 0 saturated heterocycles. The van der Waals surface area contributed by atoms with E-state index in [1.165, 1.54) is 0 Å². The van der Waals surface area contributed by atoms with Crippen LogP contribution in [-0.2, 0) is 0 Å². The zero-order valence-electron chi connectivity index (χ0n) is 13.5. The zero-order valence-corrected chi connectivity index (χ0v) is 13.5. The minimum absolute atomic E-state index is 0.176. The Labute approximate surface area is 136 Å². The van der Waals surface area contributed by atoms with Crippen LogP contribution >= 0.6 is 0 Å². The topological polar surface area (TPSA) is 47.6 Å². The number of ether oxygens (including phenoxy) is 2. The Bertz CT molecular complexity index is 677. The molecule has 0 heterocycles. The van der Waals surface area contributed by atoms with E-state index in [0.29, 0.717) is 30.2 Å². The van der Waals surface area contributed by atoms with Crippen molar-refractivity contribution in [1.29, 1.82) is 0 Å². The first-order valence-corrected chi connectivity index (χ1v) is 7.50. The summed E-state index contributed by atoms with van der Waals surface area (Å²) in [6.07, 6.45) is 0. The van der Waals surface area contributed by atoms with Crippen LogP contribution < -0.4 is 14.8 Å². The van der Waals surface area contributed by atoms with Gasteiger partial charge in [-0.3, -0.25) is 4.79 Å². The molecule has 0 aliphatic rings. The van der Waals surface area contributed by atoms with E-state index in [9.17, 15) is 4.79 Å². The van der Waals surface area contributed by atoms with Gasteiger partial charge in [0, 0.05) is 17.3 Å². The van der Waals surface area contributed by atoms with E-state index in [1.54, 1.807) is 30.3 Å². The number of hydrogen-bond donors (Lipinski definition) is 1. The van der Waals surface area contributed by atoms with Crippen LogP contribution in [0.2, 0.25) is 0 Å². The minimum Gasteiger partial charge on any atom is -0.494 e. The Morgan fingerprint density at radius 3 is 2.48 bits per heavy atom. The van der Waals surface area contributed by atoms with Crippen LogP contribution in [0.5, 0.6) is 11.5 Å². The molecule has 4 nitrogen and oxygen atoms in total. The standard InChI is InChI=1S/C19H21NO3/c1-4-22-17-10-8-15(9-11-17)19(21)20-16-6-5-7-18(12-16)23-13-14(2)3/h5-12H,2,4,13H2,1,3H3,(H,20,21). The number of carbonyl (C=O) groups excluding carboxylic acids is 1. The highest BCUT2D eigenvalue weighted by molar-refractivity contribution is 6.04. The molecule has 23 heavy (non-hydrogen) atoms. The summed E-state index contributed by atoms with van der Waals surface area (Å²) in [6.45, 7) is 8.67. The van der Waals surface area contributed by atoms with Gasteiger partial charge in [-0.25, -0.2) is 0 Å². The van der Waals surface area contributed by atoms with Crippen molar-refractivity contribution in [3.05, 3.63) is 66.2 Å². The zero-order chi connectivity index (χ0) is 16.7. The first kappa shape index (κ1) is 16.6. The molecule has 0 aliphatic heterocycles. The molecule has 1 N–H and O–H groups in total. The predicted molar refractivity (Wildman–Crippen MR) is 92.3 cm³/mol. The lowest BCUT2D eigenvalue weighted by Gasteiger charge is -2.09. The Morgan fingerprint density at radius 1 is 1.09 bits per heavy atom. The van der Waals surface area contributed by atoms with Gasteiger partial charge in [0.2, 0.25) is 0 Å². The molecular weight excluding hydrogens is 290 g/mol. The lowest BCUT2D eigenvalue weighted by Crippen LogP contribution is -2.11. The summed E-state index contributed by atoms with van der Waals surface area (Å²) in [5, 5.41) is 2.86. The third-order valence-electron chi connectivity index (χ3n) is 3.00. The third-order valence-corrected chi connectivity index (χ3v) is 3.00. The Kier molecular flexibility index (Phi) is 5.80. The first-order valence-electron chi connectivity index (χ1n) is 7.50. The number of rotatable bonds is 7. The molecule has 0 unspecified atom stereocenters. The van der Waals surface area contributed by atoms with Crippen LogP contribution in [0.3, 0.4) is 0 Å². The quantitative estimate of drug-likeness (QED) is 0.776. The van der Waals surface area contributed by atoms with Gasteiger partial charge in [0.25, 0.3) is 5.91 Å². The second kappa shape index (κ2) is 8.03. The summed E-state index contributed by atoms with van der Waals surface area (Å²) in [6, 6.07) is 14.3. The molecule has 0 aromatic heterocycles. The minimum atomic E-state index is -0.176. The molecule has 120 valence electrons. The average molecular weight is 311 g/mol. The van der Waals surface area contributed by atoms with Gasteiger partial charge >= 0.3 is 0 Å². The van der Waals surface area contributed by atoms with Gasteiger partial charge < -0.3 is 14.8 Å². The summed E-state index contributed by atoms with van der Waals surface area (Å²) in [4.78, 5) is 12.3. The van der Waals surface area contributed by atoms with Gasteiger partial charge in [-0.05, 0) is 55.8 Å². The molecule has 2 aromatic carbocycles. The van der Waals surface area contributed by atoms with Gasteiger partial charge in [0.1, 0.15) is 18.1 Å². The van der Waals surface area contributed by atoms with Gasteiger partial charge in [0.05, 0.1) is 6.61 Å². The van der Waals surface area contributed by atoms with Crippen LogP contribution in [-0.4, -0.2) is 19.1 Å². The van der Waals surface area contributed by atoms with Crippen molar-refractivity contribution in [2.75, 3.05) is 18.5 Å². The molecule has 0 spiro atoms. The lowest BCUT2D eigenvalue weighted by atomic mass is 10.2. The number of hydrogen-bond acceptors (Lipinski definition) is 3.